The second kappa shape index (κ2) is 7.37. The smallest absolute Gasteiger partial charge is 0.241 e. The summed E-state index contributed by atoms with van der Waals surface area (Å²) in [5.74, 6) is 0.0800. The molecule has 2 amide bonds. The lowest BCUT2D eigenvalue weighted by molar-refractivity contribution is -0.134. The molecule has 1 aromatic carbocycles. The van der Waals surface area contributed by atoms with Gasteiger partial charge in [0.1, 0.15) is 0 Å². The first-order chi connectivity index (χ1) is 11.6. The fourth-order valence-electron chi connectivity index (χ4n) is 4.15. The Labute approximate surface area is 144 Å². The summed E-state index contributed by atoms with van der Waals surface area (Å²) in [6.45, 7) is 3.86. The molecule has 1 aliphatic heterocycles. The molecular formula is C20H28N2O2. The zero-order chi connectivity index (χ0) is 17.0. The highest BCUT2D eigenvalue weighted by Gasteiger charge is 2.41. The van der Waals surface area contributed by atoms with E-state index in [2.05, 4.69) is 30.4 Å². The van der Waals surface area contributed by atoms with Gasteiger partial charge in [-0.1, -0.05) is 49.1 Å². The normalized spacial score (nSPS) is 20.0. The summed E-state index contributed by atoms with van der Waals surface area (Å²) in [6.07, 6.45) is 7.23. The van der Waals surface area contributed by atoms with Crippen molar-refractivity contribution >= 4 is 11.8 Å². The predicted molar refractivity (Wildman–Crippen MR) is 94.8 cm³/mol. The number of hydrogen-bond donors (Lipinski definition) is 1. The summed E-state index contributed by atoms with van der Waals surface area (Å²) in [4.78, 5) is 27.2. The first-order valence-electron chi connectivity index (χ1n) is 9.25. The number of rotatable bonds is 4. The highest BCUT2D eigenvalue weighted by atomic mass is 16.2. The molecule has 1 N–H and O–H groups in total. The summed E-state index contributed by atoms with van der Waals surface area (Å²) in [5.41, 5.74) is 1.82. The molecule has 2 fully saturated rings. The molecule has 0 atom stereocenters. The van der Waals surface area contributed by atoms with Crippen molar-refractivity contribution in [1.82, 2.24) is 10.2 Å². The van der Waals surface area contributed by atoms with Crippen LogP contribution >= 0.6 is 0 Å². The van der Waals surface area contributed by atoms with Crippen LogP contribution in [0.15, 0.2) is 24.3 Å². The molecule has 3 rings (SSSR count). The highest BCUT2D eigenvalue weighted by molar-refractivity contribution is 5.91. The Morgan fingerprint density at radius 3 is 2.46 bits per heavy atom. The molecule has 0 radical (unpaired) electrons. The number of nitrogens with one attached hydrogen (secondary N) is 1. The fourth-order valence-corrected chi connectivity index (χ4v) is 4.15. The van der Waals surface area contributed by atoms with Crippen molar-refractivity contribution in [2.24, 2.45) is 0 Å². The third kappa shape index (κ3) is 3.47. The van der Waals surface area contributed by atoms with E-state index in [1.165, 1.54) is 12.0 Å². The Hall–Kier alpha value is -1.84. The van der Waals surface area contributed by atoms with Gasteiger partial charge in [0.05, 0.1) is 12.0 Å². The number of aryl methyl sites for hydroxylation is 1. The van der Waals surface area contributed by atoms with Crippen LogP contribution in [0.4, 0.5) is 0 Å². The van der Waals surface area contributed by atoms with Crippen LogP contribution < -0.4 is 5.32 Å². The molecule has 4 heteroatoms. The number of amides is 2. The highest BCUT2D eigenvalue weighted by Crippen LogP contribution is 2.40. The summed E-state index contributed by atoms with van der Waals surface area (Å²) in [7, 11) is 0. The lowest BCUT2D eigenvalue weighted by Gasteiger charge is -2.36. The largest absolute Gasteiger partial charge is 0.346 e. The minimum absolute atomic E-state index is 0.0281. The minimum Gasteiger partial charge on any atom is -0.346 e. The summed E-state index contributed by atoms with van der Waals surface area (Å²) in [6, 6.07) is 8.30. The number of hydrogen-bond acceptors (Lipinski definition) is 2. The van der Waals surface area contributed by atoms with E-state index in [-0.39, 0.29) is 18.4 Å². The van der Waals surface area contributed by atoms with E-state index in [0.717, 1.165) is 57.2 Å². The number of likely N-dealkylation sites (tertiary alicyclic amines) is 1. The molecule has 130 valence electrons. The summed E-state index contributed by atoms with van der Waals surface area (Å²) in [5, 5.41) is 2.96. The van der Waals surface area contributed by atoms with Crippen LogP contribution in [0, 0.1) is 6.92 Å². The van der Waals surface area contributed by atoms with Crippen molar-refractivity contribution in [1.29, 1.82) is 0 Å². The molecule has 24 heavy (non-hydrogen) atoms. The molecule has 1 saturated carbocycles. The van der Waals surface area contributed by atoms with Crippen molar-refractivity contribution in [2.75, 3.05) is 19.6 Å². The van der Waals surface area contributed by atoms with Gasteiger partial charge < -0.3 is 10.2 Å². The van der Waals surface area contributed by atoms with Crippen molar-refractivity contribution < 1.29 is 9.59 Å². The zero-order valence-electron chi connectivity index (χ0n) is 14.6. The van der Waals surface area contributed by atoms with Crippen LogP contribution in [0.1, 0.15) is 56.1 Å². The van der Waals surface area contributed by atoms with Gasteiger partial charge in [0, 0.05) is 13.1 Å². The molecule has 4 nitrogen and oxygen atoms in total. The van der Waals surface area contributed by atoms with E-state index in [1.54, 1.807) is 0 Å². The number of carbonyl (C=O) groups excluding carboxylic acids is 2. The molecule has 1 aliphatic carbocycles. The first kappa shape index (κ1) is 17.0. The Balaban J connectivity index is 1.73. The van der Waals surface area contributed by atoms with Crippen LogP contribution in [-0.2, 0) is 15.0 Å². The Morgan fingerprint density at radius 2 is 1.79 bits per heavy atom. The van der Waals surface area contributed by atoms with Crippen LogP contribution in [0.2, 0.25) is 0 Å². The quantitative estimate of drug-likeness (QED) is 0.924. The molecule has 1 aromatic rings. The van der Waals surface area contributed by atoms with Crippen molar-refractivity contribution in [2.45, 2.75) is 57.3 Å². The van der Waals surface area contributed by atoms with Gasteiger partial charge in [-0.2, -0.15) is 0 Å². The van der Waals surface area contributed by atoms with Gasteiger partial charge in [0.2, 0.25) is 11.8 Å². The predicted octanol–water partition coefficient (Wildman–Crippen LogP) is 2.94. The van der Waals surface area contributed by atoms with E-state index in [4.69, 9.17) is 0 Å². The Morgan fingerprint density at radius 1 is 1.08 bits per heavy atom. The number of carbonyl (C=O) groups is 2. The van der Waals surface area contributed by atoms with Crippen LogP contribution in [-0.4, -0.2) is 36.3 Å². The van der Waals surface area contributed by atoms with Crippen molar-refractivity contribution in [3.63, 3.8) is 0 Å². The standard InChI is InChI=1S/C20H28N2O2/c1-16-8-7-9-17(14-16)20(10-3-2-4-11-20)19(24)21-15-18(23)22-12-5-6-13-22/h7-9,14H,2-6,10-13,15H2,1H3,(H,21,24). The van der Waals surface area contributed by atoms with Gasteiger partial charge in [-0.25, -0.2) is 0 Å². The topological polar surface area (TPSA) is 49.4 Å². The molecule has 0 unspecified atom stereocenters. The van der Waals surface area contributed by atoms with Crippen LogP contribution in [0.25, 0.3) is 0 Å². The maximum absolute atomic E-state index is 13.1. The van der Waals surface area contributed by atoms with E-state index >= 15 is 0 Å². The first-order valence-corrected chi connectivity index (χ1v) is 9.25. The summed E-state index contributed by atoms with van der Waals surface area (Å²) >= 11 is 0. The minimum atomic E-state index is -0.463. The van der Waals surface area contributed by atoms with Gasteiger partial charge in [-0.15, -0.1) is 0 Å². The number of benzene rings is 1. The van der Waals surface area contributed by atoms with Crippen LogP contribution in [0.3, 0.4) is 0 Å². The van der Waals surface area contributed by atoms with Crippen molar-refractivity contribution in [3.8, 4) is 0 Å². The Bertz CT molecular complexity index is 599. The summed E-state index contributed by atoms with van der Waals surface area (Å²) < 4.78 is 0. The lowest BCUT2D eigenvalue weighted by atomic mass is 9.68. The molecule has 1 heterocycles. The average molecular weight is 328 g/mol. The lowest BCUT2D eigenvalue weighted by Crippen LogP contribution is -2.49. The zero-order valence-corrected chi connectivity index (χ0v) is 14.6. The maximum Gasteiger partial charge on any atom is 0.241 e. The van der Waals surface area contributed by atoms with Gasteiger partial charge in [0.15, 0.2) is 0 Å². The Kier molecular flexibility index (Phi) is 5.22. The second-order valence-corrected chi connectivity index (χ2v) is 7.28. The van der Waals surface area contributed by atoms with E-state index < -0.39 is 5.41 Å². The maximum atomic E-state index is 13.1. The van der Waals surface area contributed by atoms with Gasteiger partial charge in [0.25, 0.3) is 0 Å². The molecule has 0 spiro atoms. The average Bonchev–Trinajstić information content (AvgIpc) is 3.14. The molecule has 0 bridgehead atoms. The molecule has 1 saturated heterocycles. The van der Waals surface area contributed by atoms with Gasteiger partial charge >= 0.3 is 0 Å². The van der Waals surface area contributed by atoms with E-state index in [9.17, 15) is 9.59 Å². The SMILES string of the molecule is Cc1cccc(C2(C(=O)NCC(=O)N3CCCC3)CCCCC2)c1. The fraction of sp³-hybridized carbons (Fsp3) is 0.600. The third-order valence-electron chi connectivity index (χ3n) is 5.57. The number of nitrogens with zero attached hydrogens (tertiary/aromatic N) is 1. The monoisotopic (exact) mass is 328 g/mol. The van der Waals surface area contributed by atoms with Crippen LogP contribution in [0.5, 0.6) is 0 Å². The van der Waals surface area contributed by atoms with Gasteiger partial charge in [-0.05, 0) is 38.2 Å². The molecule has 2 aliphatic rings. The van der Waals surface area contributed by atoms with Crippen molar-refractivity contribution in [3.05, 3.63) is 35.4 Å². The molecule has 0 aromatic heterocycles. The molecular weight excluding hydrogens is 300 g/mol. The van der Waals surface area contributed by atoms with E-state index in [0.29, 0.717) is 0 Å². The second-order valence-electron chi connectivity index (χ2n) is 7.28. The van der Waals surface area contributed by atoms with E-state index in [1.807, 2.05) is 11.0 Å². The van der Waals surface area contributed by atoms with Gasteiger partial charge in [-0.3, -0.25) is 9.59 Å². The third-order valence-corrected chi connectivity index (χ3v) is 5.57.